The van der Waals surface area contributed by atoms with Gasteiger partial charge in [-0.3, -0.25) is 4.79 Å². The zero-order chi connectivity index (χ0) is 16.2. The monoisotopic (exact) mass is 319 g/mol. The molecule has 0 spiro atoms. The molecular weight excluding hydrogens is 305 g/mol. The van der Waals surface area contributed by atoms with Gasteiger partial charge in [0.2, 0.25) is 5.91 Å². The summed E-state index contributed by atoms with van der Waals surface area (Å²) >= 11 is 0. The van der Waals surface area contributed by atoms with E-state index in [4.69, 9.17) is 0 Å². The number of halogens is 1. The molecule has 2 rings (SSSR count). The van der Waals surface area contributed by atoms with Crippen LogP contribution in [0.2, 0.25) is 0 Å². The summed E-state index contributed by atoms with van der Waals surface area (Å²) in [4.78, 5) is 11.9. The van der Waals surface area contributed by atoms with Crippen molar-refractivity contribution in [3.8, 4) is 0 Å². The second kappa shape index (κ2) is 6.53. The fraction of sp³-hybridized carbons (Fsp3) is 0.0625. The molecule has 1 amide bonds. The van der Waals surface area contributed by atoms with E-state index in [1.165, 1.54) is 42.5 Å². The Morgan fingerprint density at radius 3 is 2.32 bits per heavy atom. The minimum Gasteiger partial charge on any atom is -0.323 e. The van der Waals surface area contributed by atoms with Crippen LogP contribution in [0.15, 0.2) is 59.5 Å². The highest BCUT2D eigenvalue weighted by atomic mass is 32.2. The topological polar surface area (TPSA) is 63.2 Å². The maximum atomic E-state index is 13.4. The van der Waals surface area contributed by atoms with Gasteiger partial charge < -0.3 is 5.32 Å². The van der Waals surface area contributed by atoms with Crippen molar-refractivity contribution in [2.45, 2.75) is 4.90 Å². The Kier molecular flexibility index (Phi) is 4.72. The fourth-order valence-electron chi connectivity index (χ4n) is 1.75. The Balaban J connectivity index is 2.05. The molecule has 0 aliphatic carbocycles. The molecule has 0 heterocycles. The quantitative estimate of drug-likeness (QED) is 0.881. The van der Waals surface area contributed by atoms with E-state index in [-0.39, 0.29) is 4.90 Å². The molecule has 0 aliphatic heterocycles. The third-order valence-corrected chi connectivity index (χ3v) is 4.00. The summed E-state index contributed by atoms with van der Waals surface area (Å²) in [5.41, 5.74) is 0.764. The van der Waals surface area contributed by atoms with Gasteiger partial charge in [-0.2, -0.15) is 0 Å². The van der Waals surface area contributed by atoms with E-state index in [2.05, 4.69) is 5.32 Å². The standard InChI is InChI=1S/C16H14FNO3S/c1-22(20,21)14-9-7-13(8-10-14)18-16(19)11-6-12-4-2-3-5-15(12)17/h2-11H,1H3,(H,18,19)/b11-6+. The van der Waals surface area contributed by atoms with Crippen LogP contribution < -0.4 is 5.32 Å². The summed E-state index contributed by atoms with van der Waals surface area (Å²) in [6.45, 7) is 0. The fourth-order valence-corrected chi connectivity index (χ4v) is 2.38. The molecule has 0 fully saturated rings. The van der Waals surface area contributed by atoms with Crippen LogP contribution in [-0.2, 0) is 14.6 Å². The average molecular weight is 319 g/mol. The summed E-state index contributed by atoms with van der Waals surface area (Å²) in [7, 11) is -3.27. The van der Waals surface area contributed by atoms with Gasteiger partial charge in [0, 0.05) is 23.6 Å². The molecule has 2 aromatic carbocycles. The molecule has 0 saturated carbocycles. The number of carbonyl (C=O) groups is 1. The van der Waals surface area contributed by atoms with Crippen molar-refractivity contribution in [1.82, 2.24) is 0 Å². The van der Waals surface area contributed by atoms with Crippen LogP contribution in [-0.4, -0.2) is 20.6 Å². The third kappa shape index (κ3) is 4.26. The first-order chi connectivity index (χ1) is 10.4. The van der Waals surface area contributed by atoms with E-state index in [9.17, 15) is 17.6 Å². The minimum absolute atomic E-state index is 0.174. The maximum Gasteiger partial charge on any atom is 0.248 e. The van der Waals surface area contributed by atoms with Gasteiger partial charge >= 0.3 is 0 Å². The highest BCUT2D eigenvalue weighted by Gasteiger charge is 2.06. The first kappa shape index (κ1) is 15.9. The third-order valence-electron chi connectivity index (χ3n) is 2.87. The van der Waals surface area contributed by atoms with Crippen LogP contribution in [0.1, 0.15) is 5.56 Å². The van der Waals surface area contributed by atoms with Gasteiger partial charge in [0.25, 0.3) is 0 Å². The highest BCUT2D eigenvalue weighted by molar-refractivity contribution is 7.90. The van der Waals surface area contributed by atoms with E-state index in [1.54, 1.807) is 18.2 Å². The Labute approximate surface area is 128 Å². The second-order valence-corrected chi connectivity index (χ2v) is 6.66. The molecule has 6 heteroatoms. The van der Waals surface area contributed by atoms with Gasteiger partial charge in [0.15, 0.2) is 9.84 Å². The van der Waals surface area contributed by atoms with E-state index in [0.717, 1.165) is 6.26 Å². The van der Waals surface area contributed by atoms with Gasteiger partial charge in [-0.05, 0) is 36.4 Å². The van der Waals surface area contributed by atoms with Gasteiger partial charge in [-0.15, -0.1) is 0 Å². The zero-order valence-electron chi connectivity index (χ0n) is 11.8. The van der Waals surface area contributed by atoms with Crippen LogP contribution in [0.3, 0.4) is 0 Å². The summed E-state index contributed by atoms with van der Waals surface area (Å²) in [6.07, 6.45) is 3.69. The van der Waals surface area contributed by atoms with Crippen molar-refractivity contribution < 1.29 is 17.6 Å². The van der Waals surface area contributed by atoms with Gasteiger partial charge in [-0.1, -0.05) is 18.2 Å². The Morgan fingerprint density at radius 2 is 1.73 bits per heavy atom. The molecule has 1 N–H and O–H groups in total. The number of benzene rings is 2. The first-order valence-corrected chi connectivity index (χ1v) is 8.29. The molecule has 0 radical (unpaired) electrons. The van der Waals surface area contributed by atoms with Crippen LogP contribution >= 0.6 is 0 Å². The number of nitrogens with one attached hydrogen (secondary N) is 1. The second-order valence-electron chi connectivity index (χ2n) is 4.64. The van der Waals surface area contributed by atoms with Crippen LogP contribution in [0.25, 0.3) is 6.08 Å². The molecule has 22 heavy (non-hydrogen) atoms. The van der Waals surface area contributed by atoms with Gasteiger partial charge in [-0.25, -0.2) is 12.8 Å². The Bertz CT molecular complexity index is 812. The Hall–Kier alpha value is -2.47. The summed E-state index contributed by atoms with van der Waals surface area (Å²) in [5, 5.41) is 2.57. The molecule has 0 bridgehead atoms. The predicted molar refractivity (Wildman–Crippen MR) is 83.6 cm³/mol. The van der Waals surface area contributed by atoms with E-state index in [1.807, 2.05) is 0 Å². The molecule has 114 valence electrons. The van der Waals surface area contributed by atoms with Crippen LogP contribution in [0, 0.1) is 5.82 Å². The largest absolute Gasteiger partial charge is 0.323 e. The molecule has 4 nitrogen and oxygen atoms in total. The van der Waals surface area contributed by atoms with Gasteiger partial charge in [0.1, 0.15) is 5.82 Å². The lowest BCUT2D eigenvalue weighted by Crippen LogP contribution is -2.08. The molecule has 2 aromatic rings. The SMILES string of the molecule is CS(=O)(=O)c1ccc(NC(=O)/C=C/c2ccccc2F)cc1. The normalized spacial score (nSPS) is 11.5. The zero-order valence-corrected chi connectivity index (χ0v) is 12.6. The number of hydrogen-bond acceptors (Lipinski definition) is 3. The van der Waals surface area contributed by atoms with E-state index >= 15 is 0 Å². The number of hydrogen-bond donors (Lipinski definition) is 1. The number of amides is 1. The Morgan fingerprint density at radius 1 is 1.09 bits per heavy atom. The van der Waals surface area contributed by atoms with E-state index in [0.29, 0.717) is 11.3 Å². The number of anilines is 1. The van der Waals surface area contributed by atoms with Crippen molar-refractivity contribution in [2.75, 3.05) is 11.6 Å². The van der Waals surface area contributed by atoms with Crippen molar-refractivity contribution in [3.63, 3.8) is 0 Å². The van der Waals surface area contributed by atoms with Crippen molar-refractivity contribution in [3.05, 3.63) is 66.0 Å². The van der Waals surface area contributed by atoms with Crippen LogP contribution in [0.4, 0.5) is 10.1 Å². The van der Waals surface area contributed by atoms with Gasteiger partial charge in [0.05, 0.1) is 4.90 Å². The summed E-state index contributed by atoms with van der Waals surface area (Å²) in [6, 6.07) is 11.9. The predicted octanol–water partition coefficient (Wildman–Crippen LogP) is 2.88. The molecular formula is C16H14FNO3S. The summed E-state index contributed by atoms with van der Waals surface area (Å²) in [5.74, 6) is -0.848. The maximum absolute atomic E-state index is 13.4. The lowest BCUT2D eigenvalue weighted by Gasteiger charge is -2.03. The molecule has 0 saturated heterocycles. The summed E-state index contributed by atoms with van der Waals surface area (Å²) < 4.78 is 36.0. The average Bonchev–Trinajstić information content (AvgIpc) is 2.46. The number of carbonyl (C=O) groups excluding carboxylic acids is 1. The molecule has 0 aliphatic rings. The lowest BCUT2D eigenvalue weighted by molar-refractivity contribution is -0.111. The van der Waals surface area contributed by atoms with E-state index < -0.39 is 21.6 Å². The smallest absolute Gasteiger partial charge is 0.248 e. The highest BCUT2D eigenvalue weighted by Crippen LogP contribution is 2.14. The van der Waals surface area contributed by atoms with Crippen molar-refractivity contribution >= 4 is 27.5 Å². The van der Waals surface area contributed by atoms with Crippen molar-refractivity contribution in [2.24, 2.45) is 0 Å². The number of sulfone groups is 1. The first-order valence-electron chi connectivity index (χ1n) is 6.40. The van der Waals surface area contributed by atoms with Crippen molar-refractivity contribution in [1.29, 1.82) is 0 Å². The lowest BCUT2D eigenvalue weighted by atomic mass is 10.2. The molecule has 0 unspecified atom stereocenters. The molecule has 0 aromatic heterocycles. The van der Waals surface area contributed by atoms with Crippen LogP contribution in [0.5, 0.6) is 0 Å². The minimum atomic E-state index is -3.27. The molecule has 0 atom stereocenters. The number of rotatable bonds is 4.